The Hall–Kier alpha value is -1.74. The average molecular weight is 355 g/mol. The largest absolute Gasteiger partial charge is 0.495 e. The summed E-state index contributed by atoms with van der Waals surface area (Å²) in [7, 11) is 3.02. The van der Waals surface area contributed by atoms with Gasteiger partial charge in [0.05, 0.1) is 20.3 Å². The lowest BCUT2D eigenvalue weighted by Gasteiger charge is -2.27. The Morgan fingerprint density at radius 2 is 1.81 bits per heavy atom. The summed E-state index contributed by atoms with van der Waals surface area (Å²) in [5.41, 5.74) is -0.570. The van der Waals surface area contributed by atoms with Crippen molar-refractivity contribution in [3.63, 3.8) is 0 Å². The summed E-state index contributed by atoms with van der Waals surface area (Å²) in [6.07, 6.45) is 0. The van der Waals surface area contributed by atoms with Crippen molar-refractivity contribution in [1.29, 1.82) is 5.26 Å². The lowest BCUT2D eigenvalue weighted by atomic mass is 9.89. The zero-order valence-corrected chi connectivity index (χ0v) is 14.4. The zero-order valence-electron chi connectivity index (χ0n) is 12.8. The van der Waals surface area contributed by atoms with Crippen molar-refractivity contribution < 1.29 is 14.3 Å². The predicted octanol–water partition coefficient (Wildman–Crippen LogP) is 3.13. The third kappa shape index (κ3) is 3.67. The summed E-state index contributed by atoms with van der Waals surface area (Å²) in [6, 6.07) is 5.34. The fourth-order valence-corrected chi connectivity index (χ4v) is 2.16. The molecule has 0 spiro atoms. The van der Waals surface area contributed by atoms with Crippen LogP contribution < -0.4 is 14.8 Å². The molecule has 0 fully saturated rings. The molecule has 0 heterocycles. The molecule has 1 amide bonds. The second-order valence-electron chi connectivity index (χ2n) is 5.12. The van der Waals surface area contributed by atoms with Crippen molar-refractivity contribution in [3.05, 3.63) is 22.2 Å². The van der Waals surface area contributed by atoms with Crippen molar-refractivity contribution in [2.75, 3.05) is 14.2 Å². The highest BCUT2D eigenvalue weighted by molar-refractivity contribution is 9.10. The van der Waals surface area contributed by atoms with Gasteiger partial charge in [0, 0.05) is 5.56 Å². The first-order chi connectivity index (χ1) is 9.78. The van der Waals surface area contributed by atoms with Gasteiger partial charge in [-0.15, -0.1) is 0 Å². The van der Waals surface area contributed by atoms with E-state index in [1.54, 1.807) is 19.1 Å². The van der Waals surface area contributed by atoms with Gasteiger partial charge in [-0.05, 0) is 40.9 Å². The SMILES string of the molecule is COc1cc(C(=O)N[C@@](C)(C#N)C(C)C)cc(OC)c1Br. The second kappa shape index (κ2) is 6.81. The Morgan fingerprint density at radius 1 is 1.33 bits per heavy atom. The number of nitrogens with one attached hydrogen (secondary N) is 1. The molecule has 1 rings (SSSR count). The predicted molar refractivity (Wildman–Crippen MR) is 83.6 cm³/mol. The summed E-state index contributed by atoms with van der Waals surface area (Å²) in [6.45, 7) is 5.46. The van der Waals surface area contributed by atoms with Crippen LogP contribution in [0.15, 0.2) is 16.6 Å². The first-order valence-corrected chi connectivity index (χ1v) is 7.23. The molecule has 0 saturated heterocycles. The van der Waals surface area contributed by atoms with Gasteiger partial charge in [-0.1, -0.05) is 13.8 Å². The molecule has 5 nitrogen and oxygen atoms in total. The Morgan fingerprint density at radius 3 is 2.14 bits per heavy atom. The molecular weight excluding hydrogens is 336 g/mol. The number of halogens is 1. The van der Waals surface area contributed by atoms with Gasteiger partial charge in [0.2, 0.25) is 0 Å². The standard InChI is InChI=1S/C15H19BrN2O3/c1-9(2)15(3,8-17)18-14(19)10-6-11(20-4)13(16)12(7-10)21-5/h6-7,9H,1-5H3,(H,18,19)/t15-/m0/s1. The molecule has 0 unspecified atom stereocenters. The number of nitriles is 1. The summed E-state index contributed by atoms with van der Waals surface area (Å²) in [5.74, 6) is 0.605. The van der Waals surface area contributed by atoms with E-state index in [4.69, 9.17) is 9.47 Å². The maximum absolute atomic E-state index is 12.4. The van der Waals surface area contributed by atoms with Gasteiger partial charge in [0.25, 0.3) is 5.91 Å². The molecule has 0 bridgehead atoms. The van der Waals surface area contributed by atoms with Gasteiger partial charge in [0.1, 0.15) is 21.5 Å². The van der Waals surface area contributed by atoms with E-state index in [0.29, 0.717) is 21.5 Å². The first kappa shape index (κ1) is 17.3. The monoisotopic (exact) mass is 354 g/mol. The van der Waals surface area contributed by atoms with E-state index in [2.05, 4.69) is 27.3 Å². The maximum Gasteiger partial charge on any atom is 0.252 e. The van der Waals surface area contributed by atoms with Gasteiger partial charge in [0.15, 0.2) is 0 Å². The van der Waals surface area contributed by atoms with E-state index in [0.717, 1.165) is 0 Å². The fourth-order valence-electron chi connectivity index (χ4n) is 1.61. The van der Waals surface area contributed by atoms with Crippen LogP contribution in [0.5, 0.6) is 11.5 Å². The van der Waals surface area contributed by atoms with Crippen LogP contribution in [-0.4, -0.2) is 25.7 Å². The average Bonchev–Trinajstić information content (AvgIpc) is 2.46. The highest BCUT2D eigenvalue weighted by Gasteiger charge is 2.30. The van der Waals surface area contributed by atoms with Gasteiger partial charge in [-0.2, -0.15) is 5.26 Å². The lowest BCUT2D eigenvalue weighted by molar-refractivity contribution is 0.0907. The van der Waals surface area contributed by atoms with E-state index in [1.807, 2.05) is 13.8 Å². The van der Waals surface area contributed by atoms with Crippen LogP contribution in [0.2, 0.25) is 0 Å². The van der Waals surface area contributed by atoms with E-state index < -0.39 is 5.54 Å². The number of amides is 1. The summed E-state index contributed by atoms with van der Waals surface area (Å²) < 4.78 is 11.1. The Balaban J connectivity index is 3.17. The summed E-state index contributed by atoms with van der Waals surface area (Å²) in [4.78, 5) is 12.4. The first-order valence-electron chi connectivity index (χ1n) is 6.44. The second-order valence-corrected chi connectivity index (χ2v) is 5.91. The van der Waals surface area contributed by atoms with E-state index >= 15 is 0 Å². The third-order valence-corrected chi connectivity index (χ3v) is 4.25. The number of carbonyl (C=O) groups is 1. The molecule has 0 radical (unpaired) electrons. The number of nitrogens with zero attached hydrogens (tertiary/aromatic N) is 1. The summed E-state index contributed by atoms with van der Waals surface area (Å²) in [5, 5.41) is 12.0. The normalized spacial score (nSPS) is 13.2. The quantitative estimate of drug-likeness (QED) is 0.881. The molecule has 0 saturated carbocycles. The number of carbonyl (C=O) groups excluding carboxylic acids is 1. The van der Waals surface area contributed by atoms with Crippen LogP contribution >= 0.6 is 15.9 Å². The highest BCUT2D eigenvalue weighted by atomic mass is 79.9. The molecule has 1 aromatic rings. The van der Waals surface area contributed by atoms with Crippen LogP contribution in [0, 0.1) is 17.2 Å². The van der Waals surface area contributed by atoms with E-state index in [-0.39, 0.29) is 11.8 Å². The summed E-state index contributed by atoms with van der Waals surface area (Å²) >= 11 is 3.35. The molecule has 21 heavy (non-hydrogen) atoms. The van der Waals surface area contributed by atoms with Crippen LogP contribution in [0.3, 0.4) is 0 Å². The number of methoxy groups -OCH3 is 2. The lowest BCUT2D eigenvalue weighted by Crippen LogP contribution is -2.48. The number of ether oxygens (including phenoxy) is 2. The van der Waals surface area contributed by atoms with Gasteiger partial charge < -0.3 is 14.8 Å². The topological polar surface area (TPSA) is 71.3 Å². The van der Waals surface area contributed by atoms with E-state index in [1.165, 1.54) is 14.2 Å². The molecule has 0 aromatic heterocycles. The minimum absolute atomic E-state index is 0.0225. The maximum atomic E-state index is 12.4. The number of hydrogen-bond donors (Lipinski definition) is 1. The van der Waals surface area contributed by atoms with Crippen molar-refractivity contribution in [1.82, 2.24) is 5.32 Å². The van der Waals surface area contributed by atoms with Crippen molar-refractivity contribution in [2.24, 2.45) is 5.92 Å². The third-order valence-electron chi connectivity index (χ3n) is 3.47. The van der Waals surface area contributed by atoms with Crippen molar-refractivity contribution in [3.8, 4) is 17.6 Å². The van der Waals surface area contributed by atoms with E-state index in [9.17, 15) is 10.1 Å². The number of hydrogen-bond acceptors (Lipinski definition) is 4. The van der Waals surface area contributed by atoms with Crippen LogP contribution in [0.4, 0.5) is 0 Å². The molecule has 0 aliphatic rings. The molecule has 1 aromatic carbocycles. The Kier molecular flexibility index (Phi) is 5.62. The van der Waals surface area contributed by atoms with Crippen molar-refractivity contribution >= 4 is 21.8 Å². The van der Waals surface area contributed by atoms with Crippen LogP contribution in [0.25, 0.3) is 0 Å². The van der Waals surface area contributed by atoms with Crippen LogP contribution in [0.1, 0.15) is 31.1 Å². The molecular formula is C15H19BrN2O3. The molecule has 1 atom stereocenters. The highest BCUT2D eigenvalue weighted by Crippen LogP contribution is 2.35. The zero-order chi connectivity index (χ0) is 16.2. The van der Waals surface area contributed by atoms with Gasteiger partial charge in [-0.3, -0.25) is 4.79 Å². The minimum atomic E-state index is -0.940. The minimum Gasteiger partial charge on any atom is -0.495 e. The Labute approximate surface area is 133 Å². The molecule has 114 valence electrons. The number of benzene rings is 1. The number of rotatable bonds is 5. The Bertz CT molecular complexity index is 556. The molecule has 1 N–H and O–H groups in total. The molecule has 0 aliphatic heterocycles. The van der Waals surface area contributed by atoms with Crippen LogP contribution in [-0.2, 0) is 0 Å². The van der Waals surface area contributed by atoms with Crippen molar-refractivity contribution in [2.45, 2.75) is 26.3 Å². The smallest absolute Gasteiger partial charge is 0.252 e. The van der Waals surface area contributed by atoms with Gasteiger partial charge in [-0.25, -0.2) is 0 Å². The molecule has 6 heteroatoms. The molecule has 0 aliphatic carbocycles. The van der Waals surface area contributed by atoms with Gasteiger partial charge >= 0.3 is 0 Å². The fraction of sp³-hybridized carbons (Fsp3) is 0.467.